The van der Waals surface area contributed by atoms with Crippen molar-refractivity contribution in [1.82, 2.24) is 20.3 Å². The van der Waals surface area contributed by atoms with Gasteiger partial charge in [0.15, 0.2) is 0 Å². The molecule has 5 rings (SSSR count). The first kappa shape index (κ1) is 22.4. The highest BCUT2D eigenvalue weighted by Crippen LogP contribution is 2.35. The molecule has 34 heavy (non-hydrogen) atoms. The van der Waals surface area contributed by atoms with E-state index in [1.54, 1.807) is 7.11 Å². The standard InChI is InChI=1S/C26H32N6O2/c1-31(2)9-10-32(3)26-22-13-17(20-14-27-28-15-20)5-7-23(22)29-25(30-26)19-11-18-12-21(33-4)6-8-24(18)34-16-19/h5-8,12-14,19-20,28H,9-11,15-16H2,1-4H3. The lowest BCUT2D eigenvalue weighted by Gasteiger charge is -2.27. The topological polar surface area (TPSA) is 75.1 Å². The van der Waals surface area contributed by atoms with Crippen molar-refractivity contribution in [2.75, 3.05) is 59.4 Å². The van der Waals surface area contributed by atoms with Crippen molar-refractivity contribution in [2.45, 2.75) is 18.3 Å². The first-order valence-electron chi connectivity index (χ1n) is 11.7. The number of fused-ring (bicyclic) bond motifs is 2. The van der Waals surface area contributed by atoms with Crippen LogP contribution in [0.25, 0.3) is 10.9 Å². The van der Waals surface area contributed by atoms with Crippen molar-refractivity contribution >= 4 is 22.9 Å². The number of anilines is 1. The van der Waals surface area contributed by atoms with Crippen molar-refractivity contribution < 1.29 is 9.47 Å². The summed E-state index contributed by atoms with van der Waals surface area (Å²) in [6.45, 7) is 3.19. The molecule has 2 unspecified atom stereocenters. The summed E-state index contributed by atoms with van der Waals surface area (Å²) in [5, 5.41) is 5.26. The quantitative estimate of drug-likeness (QED) is 0.581. The Labute approximate surface area is 200 Å². The lowest BCUT2D eigenvalue weighted by molar-refractivity contribution is 0.257. The Morgan fingerprint density at radius 2 is 1.97 bits per heavy atom. The number of likely N-dealkylation sites (N-methyl/N-ethyl adjacent to an activating group) is 2. The smallest absolute Gasteiger partial charge is 0.140 e. The average Bonchev–Trinajstić information content (AvgIpc) is 3.40. The fraction of sp³-hybridized carbons (Fsp3) is 0.423. The zero-order valence-electron chi connectivity index (χ0n) is 20.3. The van der Waals surface area contributed by atoms with Gasteiger partial charge in [0.2, 0.25) is 0 Å². The van der Waals surface area contributed by atoms with E-state index in [2.05, 4.69) is 65.7 Å². The zero-order valence-corrected chi connectivity index (χ0v) is 20.3. The molecule has 0 saturated heterocycles. The SMILES string of the molecule is COc1ccc2c(c1)CC(c1nc(N(C)CCN(C)C)c3cc(C4C=NNC4)ccc3n1)CO2. The first-order chi connectivity index (χ1) is 16.5. The minimum absolute atomic E-state index is 0.0795. The molecule has 8 nitrogen and oxygen atoms in total. The van der Waals surface area contributed by atoms with E-state index in [0.29, 0.717) is 6.61 Å². The number of nitrogens with one attached hydrogen (secondary N) is 1. The predicted octanol–water partition coefficient (Wildman–Crippen LogP) is 3.03. The minimum Gasteiger partial charge on any atom is -0.497 e. The van der Waals surface area contributed by atoms with Crippen molar-refractivity contribution in [1.29, 1.82) is 0 Å². The van der Waals surface area contributed by atoms with Gasteiger partial charge in [-0.05, 0) is 62.0 Å². The molecular weight excluding hydrogens is 428 g/mol. The number of hydrogen-bond acceptors (Lipinski definition) is 8. The van der Waals surface area contributed by atoms with Crippen LogP contribution in [0.3, 0.4) is 0 Å². The van der Waals surface area contributed by atoms with Crippen LogP contribution in [0.1, 0.15) is 28.8 Å². The fourth-order valence-electron chi connectivity index (χ4n) is 4.52. The number of ether oxygens (including phenoxy) is 2. The summed E-state index contributed by atoms with van der Waals surface area (Å²) in [6, 6.07) is 12.5. The van der Waals surface area contributed by atoms with Gasteiger partial charge in [0.25, 0.3) is 0 Å². The van der Waals surface area contributed by atoms with Gasteiger partial charge in [-0.1, -0.05) is 6.07 Å². The average molecular weight is 461 g/mol. The lowest BCUT2D eigenvalue weighted by Crippen LogP contribution is -2.30. The summed E-state index contributed by atoms with van der Waals surface area (Å²) in [6.07, 6.45) is 2.79. The number of benzene rings is 2. The van der Waals surface area contributed by atoms with Crippen LogP contribution in [0.15, 0.2) is 41.5 Å². The summed E-state index contributed by atoms with van der Waals surface area (Å²) >= 11 is 0. The third kappa shape index (κ3) is 4.50. The number of hydrogen-bond donors (Lipinski definition) is 1. The highest BCUT2D eigenvalue weighted by molar-refractivity contribution is 5.91. The third-order valence-corrected chi connectivity index (χ3v) is 6.59. The van der Waals surface area contributed by atoms with Crippen LogP contribution in [0.2, 0.25) is 0 Å². The van der Waals surface area contributed by atoms with Gasteiger partial charge in [0.1, 0.15) is 23.1 Å². The molecule has 0 amide bonds. The number of nitrogens with zero attached hydrogens (tertiary/aromatic N) is 5. The van der Waals surface area contributed by atoms with Gasteiger partial charge >= 0.3 is 0 Å². The van der Waals surface area contributed by atoms with Crippen LogP contribution in [0.4, 0.5) is 5.82 Å². The van der Waals surface area contributed by atoms with Crippen molar-refractivity contribution in [3.63, 3.8) is 0 Å². The Bertz CT molecular complexity index is 1210. The number of aromatic nitrogens is 2. The largest absolute Gasteiger partial charge is 0.497 e. The molecule has 178 valence electrons. The molecule has 2 aromatic carbocycles. The molecule has 1 N–H and O–H groups in total. The Kier molecular flexibility index (Phi) is 6.24. The molecule has 0 bridgehead atoms. The van der Waals surface area contributed by atoms with Gasteiger partial charge in [0, 0.05) is 44.2 Å². The highest BCUT2D eigenvalue weighted by atomic mass is 16.5. The zero-order chi connectivity index (χ0) is 23.7. The molecule has 1 aromatic heterocycles. The molecule has 3 aromatic rings. The van der Waals surface area contributed by atoms with Gasteiger partial charge in [-0.2, -0.15) is 5.10 Å². The van der Waals surface area contributed by atoms with Gasteiger partial charge in [-0.15, -0.1) is 0 Å². The molecule has 0 radical (unpaired) electrons. The molecule has 0 aliphatic carbocycles. The van der Waals surface area contributed by atoms with E-state index in [0.717, 1.165) is 65.7 Å². The van der Waals surface area contributed by atoms with Gasteiger partial charge < -0.3 is 24.7 Å². The van der Waals surface area contributed by atoms with E-state index < -0.39 is 0 Å². The van der Waals surface area contributed by atoms with E-state index in [-0.39, 0.29) is 11.8 Å². The molecule has 3 heterocycles. The second-order valence-corrected chi connectivity index (χ2v) is 9.34. The van der Waals surface area contributed by atoms with Crippen LogP contribution in [-0.2, 0) is 6.42 Å². The van der Waals surface area contributed by atoms with Crippen LogP contribution in [0.5, 0.6) is 11.5 Å². The van der Waals surface area contributed by atoms with Crippen LogP contribution >= 0.6 is 0 Å². The fourth-order valence-corrected chi connectivity index (χ4v) is 4.52. The Balaban J connectivity index is 1.53. The molecule has 2 aliphatic rings. The Morgan fingerprint density at radius 3 is 2.74 bits per heavy atom. The maximum atomic E-state index is 6.09. The second-order valence-electron chi connectivity index (χ2n) is 9.34. The van der Waals surface area contributed by atoms with Crippen LogP contribution in [0, 0.1) is 0 Å². The molecule has 0 fully saturated rings. The maximum absolute atomic E-state index is 6.09. The van der Waals surface area contributed by atoms with E-state index in [1.165, 1.54) is 5.56 Å². The van der Waals surface area contributed by atoms with Crippen molar-refractivity contribution in [3.8, 4) is 11.5 Å². The molecule has 2 atom stereocenters. The van der Waals surface area contributed by atoms with Gasteiger partial charge in [-0.3, -0.25) is 0 Å². The van der Waals surface area contributed by atoms with Crippen LogP contribution in [-0.4, -0.2) is 75.6 Å². The van der Waals surface area contributed by atoms with E-state index in [1.807, 2.05) is 18.3 Å². The summed E-state index contributed by atoms with van der Waals surface area (Å²) in [5.74, 6) is 3.88. The molecule has 2 aliphatic heterocycles. The number of rotatable bonds is 7. The second kappa shape index (κ2) is 9.46. The molecule has 0 saturated carbocycles. The van der Waals surface area contributed by atoms with Crippen LogP contribution < -0.4 is 19.8 Å². The van der Waals surface area contributed by atoms with Gasteiger partial charge in [-0.25, -0.2) is 9.97 Å². The summed E-state index contributed by atoms with van der Waals surface area (Å²) in [4.78, 5) is 14.6. The minimum atomic E-state index is 0.0795. The van der Waals surface area contributed by atoms with Crippen molar-refractivity contribution in [2.24, 2.45) is 5.10 Å². The van der Waals surface area contributed by atoms with E-state index in [9.17, 15) is 0 Å². The molecule has 0 spiro atoms. The van der Waals surface area contributed by atoms with Gasteiger partial charge in [0.05, 0.1) is 25.2 Å². The summed E-state index contributed by atoms with van der Waals surface area (Å²) < 4.78 is 11.5. The normalized spacial score (nSPS) is 19.1. The maximum Gasteiger partial charge on any atom is 0.140 e. The summed E-state index contributed by atoms with van der Waals surface area (Å²) in [5.41, 5.74) is 6.37. The third-order valence-electron chi connectivity index (χ3n) is 6.59. The number of hydrazone groups is 1. The first-order valence-corrected chi connectivity index (χ1v) is 11.7. The lowest BCUT2D eigenvalue weighted by atomic mass is 9.95. The monoisotopic (exact) mass is 460 g/mol. The Morgan fingerprint density at radius 1 is 1.09 bits per heavy atom. The highest BCUT2D eigenvalue weighted by Gasteiger charge is 2.26. The summed E-state index contributed by atoms with van der Waals surface area (Å²) in [7, 11) is 7.98. The van der Waals surface area contributed by atoms with Crippen molar-refractivity contribution in [3.05, 3.63) is 53.3 Å². The van der Waals surface area contributed by atoms with E-state index >= 15 is 0 Å². The predicted molar refractivity (Wildman–Crippen MR) is 136 cm³/mol. The molecule has 8 heteroatoms. The molecular formula is C26H32N6O2. The Hall–Kier alpha value is -3.39. The van der Waals surface area contributed by atoms with E-state index in [4.69, 9.17) is 19.4 Å². The number of methoxy groups -OCH3 is 1.